The number of hydrogen-bond donors (Lipinski definition) is 2. The Kier molecular flexibility index (Phi) is 6.84. The van der Waals surface area contributed by atoms with Gasteiger partial charge in [0.2, 0.25) is 5.91 Å². The van der Waals surface area contributed by atoms with E-state index in [-0.39, 0.29) is 11.9 Å². The lowest BCUT2D eigenvalue weighted by atomic mass is 10.1. The van der Waals surface area contributed by atoms with Crippen LogP contribution in [-0.2, 0) is 9.53 Å². The molecule has 16 heavy (non-hydrogen) atoms. The van der Waals surface area contributed by atoms with Crippen molar-refractivity contribution in [3.63, 3.8) is 0 Å². The van der Waals surface area contributed by atoms with Gasteiger partial charge in [0.1, 0.15) is 0 Å². The second kappa shape index (κ2) is 7.92. The second-order valence-corrected chi connectivity index (χ2v) is 5.24. The fourth-order valence-corrected chi connectivity index (χ4v) is 2.51. The Morgan fingerprint density at radius 2 is 2.44 bits per heavy atom. The summed E-state index contributed by atoms with van der Waals surface area (Å²) in [7, 11) is 0. The molecule has 3 N–H and O–H groups in total. The van der Waals surface area contributed by atoms with Gasteiger partial charge in [0.05, 0.1) is 11.9 Å². The zero-order valence-corrected chi connectivity index (χ0v) is 10.7. The Morgan fingerprint density at radius 1 is 1.62 bits per heavy atom. The summed E-state index contributed by atoms with van der Waals surface area (Å²) in [5.74, 6) is 1.49. The molecule has 94 valence electrons. The second-order valence-electron chi connectivity index (χ2n) is 4.21. The van der Waals surface area contributed by atoms with E-state index in [9.17, 15) is 4.79 Å². The molecule has 1 amide bonds. The highest BCUT2D eigenvalue weighted by Gasteiger charge is 2.14. The van der Waals surface area contributed by atoms with E-state index < -0.39 is 0 Å². The highest BCUT2D eigenvalue weighted by molar-refractivity contribution is 7.99. The summed E-state index contributed by atoms with van der Waals surface area (Å²) in [6.45, 7) is 3.27. The van der Waals surface area contributed by atoms with Crippen molar-refractivity contribution in [3.8, 4) is 0 Å². The topological polar surface area (TPSA) is 64.3 Å². The average Bonchev–Trinajstić information content (AvgIpc) is 2.30. The van der Waals surface area contributed by atoms with Gasteiger partial charge in [-0.1, -0.05) is 0 Å². The van der Waals surface area contributed by atoms with Gasteiger partial charge < -0.3 is 15.8 Å². The predicted octanol–water partition coefficient (Wildman–Crippen LogP) is 0.752. The van der Waals surface area contributed by atoms with Crippen molar-refractivity contribution in [2.75, 3.05) is 24.7 Å². The Hall–Kier alpha value is -0.260. The molecule has 0 radical (unpaired) electrons. The van der Waals surface area contributed by atoms with Gasteiger partial charge >= 0.3 is 0 Å². The largest absolute Gasteiger partial charge is 0.377 e. The van der Waals surface area contributed by atoms with Gasteiger partial charge in [-0.15, -0.1) is 11.8 Å². The van der Waals surface area contributed by atoms with Crippen LogP contribution in [0.5, 0.6) is 0 Å². The minimum atomic E-state index is 0.0683. The summed E-state index contributed by atoms with van der Waals surface area (Å²) in [6, 6.07) is 0.0685. The van der Waals surface area contributed by atoms with Crippen molar-refractivity contribution in [2.45, 2.75) is 38.3 Å². The molecule has 4 nitrogen and oxygen atoms in total. The van der Waals surface area contributed by atoms with E-state index in [0.29, 0.717) is 18.4 Å². The van der Waals surface area contributed by atoms with Crippen molar-refractivity contribution < 1.29 is 9.53 Å². The lowest BCUT2D eigenvalue weighted by Gasteiger charge is -2.22. The third-order valence-corrected chi connectivity index (χ3v) is 3.65. The van der Waals surface area contributed by atoms with Crippen LogP contribution in [0.25, 0.3) is 0 Å². The van der Waals surface area contributed by atoms with E-state index in [0.717, 1.165) is 18.8 Å². The maximum Gasteiger partial charge on any atom is 0.230 e. The van der Waals surface area contributed by atoms with Crippen molar-refractivity contribution >= 4 is 17.7 Å². The Bertz CT molecular complexity index is 208. The lowest BCUT2D eigenvalue weighted by Crippen LogP contribution is -2.39. The normalized spacial score (nSPS) is 22.8. The lowest BCUT2D eigenvalue weighted by molar-refractivity contribution is -0.119. The smallest absolute Gasteiger partial charge is 0.230 e. The monoisotopic (exact) mass is 246 g/mol. The fraction of sp³-hybridized carbons (Fsp3) is 0.909. The average molecular weight is 246 g/mol. The first-order chi connectivity index (χ1) is 7.72. The van der Waals surface area contributed by atoms with Crippen LogP contribution in [0.4, 0.5) is 0 Å². The van der Waals surface area contributed by atoms with E-state index in [2.05, 4.69) is 5.32 Å². The first kappa shape index (κ1) is 13.8. The van der Waals surface area contributed by atoms with Crippen LogP contribution in [0, 0.1) is 0 Å². The van der Waals surface area contributed by atoms with Gasteiger partial charge in [-0.05, 0) is 26.2 Å². The molecule has 1 heterocycles. The van der Waals surface area contributed by atoms with Crippen LogP contribution in [0.3, 0.4) is 0 Å². The number of carbonyl (C=O) groups excluding carboxylic acids is 1. The summed E-state index contributed by atoms with van der Waals surface area (Å²) < 4.78 is 5.59. The number of thioether (sulfide) groups is 1. The van der Waals surface area contributed by atoms with Crippen molar-refractivity contribution in [2.24, 2.45) is 5.73 Å². The fourth-order valence-electron chi connectivity index (χ4n) is 1.60. The van der Waals surface area contributed by atoms with Crippen molar-refractivity contribution in [1.29, 1.82) is 0 Å². The van der Waals surface area contributed by atoms with Gasteiger partial charge in [0.25, 0.3) is 0 Å². The van der Waals surface area contributed by atoms with Gasteiger partial charge in [-0.2, -0.15) is 0 Å². The molecular weight excluding hydrogens is 224 g/mol. The Balaban J connectivity index is 2.03. The third-order valence-electron chi connectivity index (χ3n) is 2.57. The van der Waals surface area contributed by atoms with Gasteiger partial charge in [0, 0.05) is 24.9 Å². The van der Waals surface area contributed by atoms with Crippen LogP contribution in [0.15, 0.2) is 0 Å². The van der Waals surface area contributed by atoms with Crippen LogP contribution in [-0.4, -0.2) is 42.7 Å². The zero-order chi connectivity index (χ0) is 11.8. The van der Waals surface area contributed by atoms with E-state index in [1.807, 2.05) is 6.92 Å². The molecule has 1 saturated heterocycles. The van der Waals surface area contributed by atoms with E-state index >= 15 is 0 Å². The molecule has 1 aliphatic heterocycles. The molecule has 0 bridgehead atoms. The number of hydrogen-bond acceptors (Lipinski definition) is 4. The molecule has 1 fully saturated rings. The first-order valence-corrected chi connectivity index (χ1v) is 7.06. The minimum Gasteiger partial charge on any atom is -0.377 e. The molecule has 0 saturated carbocycles. The van der Waals surface area contributed by atoms with E-state index in [1.165, 1.54) is 12.8 Å². The number of amides is 1. The molecule has 0 aromatic carbocycles. The summed E-state index contributed by atoms with van der Waals surface area (Å²) in [4.78, 5) is 11.4. The molecule has 1 unspecified atom stereocenters. The quantitative estimate of drug-likeness (QED) is 0.726. The van der Waals surface area contributed by atoms with Gasteiger partial charge in [-0.3, -0.25) is 4.79 Å². The molecule has 1 aliphatic rings. The number of rotatable bonds is 6. The molecule has 0 aromatic heterocycles. The molecule has 0 aromatic rings. The highest BCUT2D eigenvalue weighted by Crippen LogP contribution is 2.16. The zero-order valence-electron chi connectivity index (χ0n) is 9.91. The number of carbonyl (C=O) groups is 1. The first-order valence-electron chi connectivity index (χ1n) is 5.91. The molecule has 1 rings (SSSR count). The SMILES string of the molecule is C[C@@H](CN)NC(=O)CSCC1CCCCO1. The van der Waals surface area contributed by atoms with Crippen LogP contribution in [0.1, 0.15) is 26.2 Å². The van der Waals surface area contributed by atoms with Crippen molar-refractivity contribution in [3.05, 3.63) is 0 Å². The number of ether oxygens (including phenoxy) is 1. The molecule has 0 aliphatic carbocycles. The van der Waals surface area contributed by atoms with Crippen LogP contribution in [0.2, 0.25) is 0 Å². The maximum atomic E-state index is 11.4. The van der Waals surface area contributed by atoms with E-state index in [4.69, 9.17) is 10.5 Å². The summed E-state index contributed by atoms with van der Waals surface area (Å²) in [6.07, 6.45) is 3.91. The molecule has 0 spiro atoms. The molecular formula is C11H22N2O2S. The van der Waals surface area contributed by atoms with Gasteiger partial charge in [-0.25, -0.2) is 0 Å². The predicted molar refractivity (Wildman–Crippen MR) is 67.6 cm³/mol. The maximum absolute atomic E-state index is 11.4. The molecule has 2 atom stereocenters. The minimum absolute atomic E-state index is 0.0683. The van der Waals surface area contributed by atoms with Crippen molar-refractivity contribution in [1.82, 2.24) is 5.32 Å². The summed E-state index contributed by atoms with van der Waals surface area (Å²) >= 11 is 1.64. The van der Waals surface area contributed by atoms with E-state index in [1.54, 1.807) is 11.8 Å². The van der Waals surface area contributed by atoms with Crippen LogP contribution >= 0.6 is 11.8 Å². The highest BCUT2D eigenvalue weighted by atomic mass is 32.2. The number of nitrogens with two attached hydrogens (primary N) is 1. The Labute approximate surface area is 102 Å². The summed E-state index contributed by atoms with van der Waals surface area (Å²) in [5, 5.41) is 2.84. The van der Waals surface area contributed by atoms with Gasteiger partial charge in [0.15, 0.2) is 0 Å². The van der Waals surface area contributed by atoms with Crippen LogP contribution < -0.4 is 11.1 Å². The molecule has 5 heteroatoms. The Morgan fingerprint density at radius 3 is 3.06 bits per heavy atom. The standard InChI is InChI=1S/C11H22N2O2S/c1-9(6-12)13-11(14)8-16-7-10-4-2-3-5-15-10/h9-10H,2-8,12H2,1H3,(H,13,14)/t9-,10?/m0/s1. The summed E-state index contributed by atoms with van der Waals surface area (Å²) in [5.41, 5.74) is 5.42. The third kappa shape index (κ3) is 5.72. The number of nitrogens with one attached hydrogen (secondary N) is 1.